The molecule has 2 atom stereocenters. The Morgan fingerprint density at radius 1 is 1.33 bits per heavy atom. The standard InChI is InChI=1S/C15H17N3O5S/c1-22-15(19)13-8-12(9-16-13)24(20,21)18-11-4-2-10(3-5-11)14-6-7-17-23-14/h2-7,12-13,16,18H,8-9H2,1H3. The molecule has 0 radical (unpaired) electrons. The molecule has 1 aromatic heterocycles. The number of nitrogens with one attached hydrogen (secondary N) is 2. The Morgan fingerprint density at radius 2 is 2.08 bits per heavy atom. The largest absolute Gasteiger partial charge is 0.468 e. The molecule has 0 aliphatic carbocycles. The van der Waals surface area contributed by atoms with Gasteiger partial charge < -0.3 is 14.6 Å². The first-order valence-electron chi connectivity index (χ1n) is 7.33. The van der Waals surface area contributed by atoms with E-state index in [0.717, 1.165) is 5.56 Å². The zero-order valence-electron chi connectivity index (χ0n) is 12.9. The topological polar surface area (TPSA) is 111 Å². The molecule has 2 aromatic rings. The van der Waals surface area contributed by atoms with E-state index in [0.29, 0.717) is 11.4 Å². The summed E-state index contributed by atoms with van der Waals surface area (Å²) in [6.45, 7) is 0.200. The molecule has 2 heterocycles. The lowest BCUT2D eigenvalue weighted by Gasteiger charge is -2.13. The fourth-order valence-electron chi connectivity index (χ4n) is 2.58. The van der Waals surface area contributed by atoms with Crippen LogP contribution in [0.4, 0.5) is 5.69 Å². The molecule has 1 aliphatic heterocycles. The van der Waals surface area contributed by atoms with Crippen LogP contribution in [-0.4, -0.2) is 44.5 Å². The number of anilines is 1. The van der Waals surface area contributed by atoms with Crippen molar-refractivity contribution in [2.45, 2.75) is 17.7 Å². The number of carbonyl (C=O) groups excluding carboxylic acids is 1. The fourth-order valence-corrected chi connectivity index (χ4v) is 3.97. The molecule has 128 valence electrons. The number of methoxy groups -OCH3 is 1. The molecule has 0 bridgehead atoms. The maximum atomic E-state index is 12.4. The second-order valence-corrected chi connectivity index (χ2v) is 7.40. The SMILES string of the molecule is COC(=O)C1CC(S(=O)(=O)Nc2ccc(-c3ccno3)cc2)CN1. The van der Waals surface area contributed by atoms with E-state index in [1.165, 1.54) is 13.3 Å². The minimum Gasteiger partial charge on any atom is -0.468 e. The van der Waals surface area contributed by atoms with E-state index in [9.17, 15) is 13.2 Å². The van der Waals surface area contributed by atoms with Gasteiger partial charge in [0.2, 0.25) is 10.0 Å². The first kappa shape index (κ1) is 16.5. The zero-order valence-corrected chi connectivity index (χ0v) is 13.7. The second-order valence-electron chi connectivity index (χ2n) is 5.44. The van der Waals surface area contributed by atoms with Crippen molar-refractivity contribution in [1.82, 2.24) is 10.5 Å². The number of sulfonamides is 1. The van der Waals surface area contributed by atoms with E-state index in [2.05, 4.69) is 19.9 Å². The maximum absolute atomic E-state index is 12.4. The van der Waals surface area contributed by atoms with Gasteiger partial charge in [-0.25, -0.2) is 8.42 Å². The van der Waals surface area contributed by atoms with Crippen molar-refractivity contribution in [3.8, 4) is 11.3 Å². The highest BCUT2D eigenvalue weighted by atomic mass is 32.2. The molecular weight excluding hydrogens is 334 g/mol. The second kappa shape index (κ2) is 6.62. The summed E-state index contributed by atoms with van der Waals surface area (Å²) in [4.78, 5) is 11.5. The van der Waals surface area contributed by atoms with Crippen LogP contribution in [0.2, 0.25) is 0 Å². The molecular formula is C15H17N3O5S. The summed E-state index contributed by atoms with van der Waals surface area (Å²) >= 11 is 0. The molecule has 9 heteroatoms. The average Bonchev–Trinajstić information content (AvgIpc) is 3.26. The quantitative estimate of drug-likeness (QED) is 0.773. The van der Waals surface area contributed by atoms with Gasteiger partial charge in [-0.05, 0) is 30.7 Å². The van der Waals surface area contributed by atoms with E-state index in [-0.39, 0.29) is 13.0 Å². The van der Waals surface area contributed by atoms with E-state index in [1.807, 2.05) is 0 Å². The minimum atomic E-state index is -3.61. The Balaban J connectivity index is 1.68. The van der Waals surface area contributed by atoms with Crippen LogP contribution in [0.3, 0.4) is 0 Å². The van der Waals surface area contributed by atoms with Crippen molar-refractivity contribution in [1.29, 1.82) is 0 Å². The molecule has 2 N–H and O–H groups in total. The van der Waals surface area contributed by atoms with Crippen molar-refractivity contribution in [2.75, 3.05) is 18.4 Å². The van der Waals surface area contributed by atoms with Gasteiger partial charge in [-0.2, -0.15) is 0 Å². The van der Waals surface area contributed by atoms with Crippen LogP contribution in [-0.2, 0) is 19.6 Å². The molecule has 0 saturated carbocycles. The van der Waals surface area contributed by atoms with E-state index < -0.39 is 27.3 Å². The number of esters is 1. The molecule has 8 nitrogen and oxygen atoms in total. The number of ether oxygens (including phenoxy) is 1. The van der Waals surface area contributed by atoms with Crippen LogP contribution < -0.4 is 10.0 Å². The molecule has 3 rings (SSSR count). The van der Waals surface area contributed by atoms with Gasteiger partial charge in [-0.15, -0.1) is 0 Å². The first-order valence-corrected chi connectivity index (χ1v) is 8.88. The molecule has 1 aliphatic rings. The minimum absolute atomic E-state index is 0.179. The van der Waals surface area contributed by atoms with Crippen molar-refractivity contribution in [2.24, 2.45) is 0 Å². The van der Waals surface area contributed by atoms with Gasteiger partial charge in [0.25, 0.3) is 0 Å². The van der Waals surface area contributed by atoms with Gasteiger partial charge in [0.05, 0.1) is 18.6 Å². The summed E-state index contributed by atoms with van der Waals surface area (Å²) in [5.41, 5.74) is 1.24. The van der Waals surface area contributed by atoms with Crippen LogP contribution in [0.1, 0.15) is 6.42 Å². The Hall–Kier alpha value is -2.39. The Labute approximate surface area is 139 Å². The lowest BCUT2D eigenvalue weighted by Crippen LogP contribution is -2.31. The Bertz CT molecular complexity index is 802. The molecule has 0 spiro atoms. The van der Waals surface area contributed by atoms with Gasteiger partial charge in [-0.3, -0.25) is 9.52 Å². The molecule has 24 heavy (non-hydrogen) atoms. The van der Waals surface area contributed by atoms with Crippen LogP contribution >= 0.6 is 0 Å². The average molecular weight is 351 g/mol. The third kappa shape index (κ3) is 3.41. The predicted molar refractivity (Wildman–Crippen MR) is 86.7 cm³/mol. The number of benzene rings is 1. The monoisotopic (exact) mass is 351 g/mol. The van der Waals surface area contributed by atoms with Crippen LogP contribution in [0.15, 0.2) is 41.1 Å². The van der Waals surface area contributed by atoms with Gasteiger partial charge >= 0.3 is 5.97 Å². The highest BCUT2D eigenvalue weighted by molar-refractivity contribution is 7.93. The smallest absolute Gasteiger partial charge is 0.322 e. The summed E-state index contributed by atoms with van der Waals surface area (Å²) in [6, 6.07) is 7.90. The number of aromatic nitrogens is 1. The number of nitrogens with zero attached hydrogens (tertiary/aromatic N) is 1. The maximum Gasteiger partial charge on any atom is 0.322 e. The van der Waals surface area contributed by atoms with Gasteiger partial charge in [0, 0.05) is 23.9 Å². The Morgan fingerprint density at radius 3 is 2.71 bits per heavy atom. The summed E-state index contributed by atoms with van der Waals surface area (Å²) in [5, 5.41) is 5.80. The zero-order chi connectivity index (χ0) is 17.2. The van der Waals surface area contributed by atoms with E-state index >= 15 is 0 Å². The first-order chi connectivity index (χ1) is 11.5. The third-order valence-corrected chi connectivity index (χ3v) is 5.64. The number of hydrogen-bond donors (Lipinski definition) is 2. The predicted octanol–water partition coefficient (Wildman–Crippen LogP) is 0.987. The molecule has 0 amide bonds. The van der Waals surface area contributed by atoms with Crippen molar-refractivity contribution in [3.63, 3.8) is 0 Å². The number of carbonyl (C=O) groups is 1. The summed E-state index contributed by atoms with van der Waals surface area (Å²) in [6.07, 6.45) is 1.72. The van der Waals surface area contributed by atoms with Crippen molar-refractivity contribution in [3.05, 3.63) is 36.5 Å². The molecule has 1 saturated heterocycles. The van der Waals surface area contributed by atoms with Crippen molar-refractivity contribution < 1.29 is 22.5 Å². The fraction of sp³-hybridized carbons (Fsp3) is 0.333. The summed E-state index contributed by atoms with van der Waals surface area (Å²) in [5.74, 6) is 0.148. The van der Waals surface area contributed by atoms with Crippen LogP contribution in [0.25, 0.3) is 11.3 Å². The van der Waals surface area contributed by atoms with Crippen LogP contribution in [0.5, 0.6) is 0 Å². The van der Waals surface area contributed by atoms with Crippen LogP contribution in [0, 0.1) is 0 Å². The van der Waals surface area contributed by atoms with E-state index in [4.69, 9.17) is 4.52 Å². The van der Waals surface area contributed by atoms with Gasteiger partial charge in [0.1, 0.15) is 6.04 Å². The summed E-state index contributed by atoms with van der Waals surface area (Å²) in [7, 11) is -2.33. The normalized spacial score (nSPS) is 20.7. The lowest BCUT2D eigenvalue weighted by molar-refractivity contribution is -0.142. The number of hydrogen-bond acceptors (Lipinski definition) is 7. The highest BCUT2D eigenvalue weighted by Gasteiger charge is 2.37. The number of rotatable bonds is 5. The van der Waals surface area contributed by atoms with Gasteiger partial charge in [0.15, 0.2) is 5.76 Å². The molecule has 1 fully saturated rings. The van der Waals surface area contributed by atoms with Crippen molar-refractivity contribution >= 4 is 21.7 Å². The summed E-state index contributed by atoms with van der Waals surface area (Å²) < 4.78 is 37.1. The Kier molecular flexibility index (Phi) is 4.54. The lowest BCUT2D eigenvalue weighted by atomic mass is 10.1. The highest BCUT2D eigenvalue weighted by Crippen LogP contribution is 2.23. The molecule has 1 aromatic carbocycles. The van der Waals surface area contributed by atoms with Gasteiger partial charge in [-0.1, -0.05) is 5.16 Å². The molecule has 2 unspecified atom stereocenters. The third-order valence-electron chi connectivity index (χ3n) is 3.88. The van der Waals surface area contributed by atoms with E-state index in [1.54, 1.807) is 30.3 Å².